The Morgan fingerprint density at radius 2 is 2.08 bits per heavy atom. The molecule has 0 aliphatic heterocycles. The first-order valence-corrected chi connectivity index (χ1v) is 8.27. The lowest BCUT2D eigenvalue weighted by molar-refractivity contribution is 0.355. The van der Waals surface area contributed by atoms with Crippen molar-refractivity contribution in [2.45, 2.75) is 25.3 Å². The summed E-state index contributed by atoms with van der Waals surface area (Å²) in [5.74, 6) is 1.13. The second kappa shape index (κ2) is 6.79. The van der Waals surface area contributed by atoms with Gasteiger partial charge in [0, 0.05) is 22.9 Å². The van der Waals surface area contributed by atoms with Crippen LogP contribution in [0.3, 0.4) is 0 Å². The minimum absolute atomic E-state index is 0.0159. The molecule has 1 unspecified atom stereocenters. The average Bonchev–Trinajstić information content (AvgIpc) is 2.61. The third kappa shape index (κ3) is 2.86. The normalized spacial score (nSPS) is 16.0. The van der Waals surface area contributed by atoms with E-state index >= 15 is 0 Å². The van der Waals surface area contributed by atoms with E-state index in [-0.39, 0.29) is 11.9 Å². The average molecular weight is 359 g/mol. The van der Waals surface area contributed by atoms with Gasteiger partial charge in [0.2, 0.25) is 0 Å². The number of nitriles is 1. The van der Waals surface area contributed by atoms with Gasteiger partial charge < -0.3 is 20.9 Å². The number of nitrogens with two attached hydrogens (primary N) is 2. The zero-order chi connectivity index (χ0) is 18.1. The number of benzene rings is 1. The molecule has 3 rings (SSSR count). The number of anilines is 1. The minimum atomic E-state index is 0.0159. The smallest absolute Gasteiger partial charge is 0.180 e. The highest BCUT2D eigenvalue weighted by molar-refractivity contribution is 6.35. The van der Waals surface area contributed by atoms with E-state index < -0.39 is 0 Å². The van der Waals surface area contributed by atoms with Crippen LogP contribution in [0.15, 0.2) is 12.1 Å². The summed E-state index contributed by atoms with van der Waals surface area (Å²) in [6.07, 6.45) is 2.19. The number of methoxy groups -OCH3 is 2. The molecule has 25 heavy (non-hydrogen) atoms. The maximum Gasteiger partial charge on any atom is 0.180 e. The molecule has 6 nitrogen and oxygen atoms in total. The second-order valence-corrected chi connectivity index (χ2v) is 6.33. The number of fused-ring (bicyclic) bond motifs is 1. The number of nitrogens with zero attached hydrogens (tertiary/aromatic N) is 2. The maximum absolute atomic E-state index is 9.65. The molecule has 1 aliphatic rings. The molecule has 0 saturated carbocycles. The van der Waals surface area contributed by atoms with Gasteiger partial charge in [-0.05, 0) is 37.0 Å². The molecule has 1 aromatic heterocycles. The van der Waals surface area contributed by atoms with Crippen molar-refractivity contribution in [2.24, 2.45) is 5.73 Å². The number of hydrogen-bond acceptors (Lipinski definition) is 6. The van der Waals surface area contributed by atoms with Crippen molar-refractivity contribution >= 4 is 17.4 Å². The molecule has 1 atom stereocenters. The van der Waals surface area contributed by atoms with Crippen molar-refractivity contribution in [3.8, 4) is 28.7 Å². The molecule has 0 amide bonds. The number of aryl methyl sites for hydroxylation is 1. The molecule has 1 aromatic carbocycles. The van der Waals surface area contributed by atoms with Crippen LogP contribution in [0.25, 0.3) is 11.1 Å². The number of aromatic nitrogens is 1. The predicted octanol–water partition coefficient (Wildman–Crippen LogP) is 2.69. The quantitative estimate of drug-likeness (QED) is 0.873. The molecule has 1 heterocycles. The highest BCUT2D eigenvalue weighted by Gasteiger charge is 2.27. The molecule has 4 N–H and O–H groups in total. The molecular weight excluding hydrogens is 340 g/mol. The molecular formula is C18H19ClN4O2. The van der Waals surface area contributed by atoms with Crippen LogP contribution in [-0.2, 0) is 12.8 Å². The van der Waals surface area contributed by atoms with Gasteiger partial charge in [0.1, 0.15) is 17.5 Å². The molecule has 0 spiro atoms. The third-order valence-electron chi connectivity index (χ3n) is 4.50. The van der Waals surface area contributed by atoms with E-state index in [4.69, 9.17) is 32.5 Å². The Bertz CT molecular complexity index is 877. The minimum Gasteiger partial charge on any atom is -0.493 e. The highest BCUT2D eigenvalue weighted by atomic mass is 35.5. The van der Waals surface area contributed by atoms with Gasteiger partial charge in [-0.3, -0.25) is 0 Å². The van der Waals surface area contributed by atoms with E-state index in [0.29, 0.717) is 39.6 Å². The third-order valence-corrected chi connectivity index (χ3v) is 4.87. The Kier molecular flexibility index (Phi) is 4.71. The van der Waals surface area contributed by atoms with Gasteiger partial charge in [0.25, 0.3) is 0 Å². The maximum atomic E-state index is 9.65. The van der Waals surface area contributed by atoms with Gasteiger partial charge in [0.15, 0.2) is 11.5 Å². The van der Waals surface area contributed by atoms with E-state index in [2.05, 4.69) is 11.1 Å². The van der Waals surface area contributed by atoms with Crippen molar-refractivity contribution in [3.63, 3.8) is 0 Å². The monoisotopic (exact) mass is 358 g/mol. The van der Waals surface area contributed by atoms with Crippen molar-refractivity contribution in [1.82, 2.24) is 4.98 Å². The fourth-order valence-corrected chi connectivity index (χ4v) is 3.63. The molecule has 0 fully saturated rings. The van der Waals surface area contributed by atoms with E-state index in [1.807, 2.05) is 0 Å². The topological polar surface area (TPSA) is 107 Å². The molecule has 0 bridgehead atoms. The van der Waals surface area contributed by atoms with Gasteiger partial charge in [0.05, 0.1) is 19.2 Å². The number of hydrogen-bond donors (Lipinski definition) is 2. The summed E-state index contributed by atoms with van der Waals surface area (Å²) in [7, 11) is 3.06. The Morgan fingerprint density at radius 1 is 1.32 bits per heavy atom. The first kappa shape index (κ1) is 17.3. The fourth-order valence-electron chi connectivity index (χ4n) is 3.30. The first-order chi connectivity index (χ1) is 12.0. The molecule has 0 saturated heterocycles. The SMILES string of the molecule is COc1ccc(-c2c(C#N)c(N)nc3c2CC(N)CC3)c(Cl)c1OC. The molecule has 130 valence electrons. The number of ether oxygens (including phenoxy) is 2. The number of rotatable bonds is 3. The zero-order valence-corrected chi connectivity index (χ0v) is 14.9. The summed E-state index contributed by atoms with van der Waals surface area (Å²) in [4.78, 5) is 4.41. The highest BCUT2D eigenvalue weighted by Crippen LogP contribution is 2.45. The van der Waals surface area contributed by atoms with Crippen LogP contribution >= 0.6 is 11.6 Å². The van der Waals surface area contributed by atoms with Gasteiger partial charge in [-0.2, -0.15) is 5.26 Å². The standard InChI is InChI=1S/C18H19ClN4O2/c1-24-14-6-4-10(16(19)17(14)25-2)15-11-7-9(21)3-5-13(11)23-18(22)12(15)8-20/h4,6,9H,3,5,7,21H2,1-2H3,(H2,22,23). The Balaban J connectivity index is 2.34. The zero-order valence-electron chi connectivity index (χ0n) is 14.1. The summed E-state index contributed by atoms with van der Waals surface area (Å²) in [6, 6.07) is 5.74. The molecule has 0 radical (unpaired) electrons. The Labute approximate surface area is 151 Å². The van der Waals surface area contributed by atoms with Crippen LogP contribution in [0.5, 0.6) is 11.5 Å². The van der Waals surface area contributed by atoms with Gasteiger partial charge >= 0.3 is 0 Å². The summed E-state index contributed by atoms with van der Waals surface area (Å²) in [6.45, 7) is 0. The number of nitrogen functional groups attached to an aromatic ring is 1. The van der Waals surface area contributed by atoms with Crippen molar-refractivity contribution in [2.75, 3.05) is 20.0 Å². The summed E-state index contributed by atoms with van der Waals surface area (Å²) < 4.78 is 10.7. The van der Waals surface area contributed by atoms with Crippen LogP contribution in [-0.4, -0.2) is 25.2 Å². The molecule has 2 aromatic rings. The van der Waals surface area contributed by atoms with Crippen molar-refractivity contribution in [3.05, 3.63) is 34.0 Å². The van der Waals surface area contributed by atoms with Gasteiger partial charge in [-0.25, -0.2) is 4.98 Å². The summed E-state index contributed by atoms with van der Waals surface area (Å²) in [5.41, 5.74) is 15.6. The lowest BCUT2D eigenvalue weighted by atomic mass is 9.84. The second-order valence-electron chi connectivity index (χ2n) is 5.95. The van der Waals surface area contributed by atoms with Crippen LogP contribution < -0.4 is 20.9 Å². The van der Waals surface area contributed by atoms with Crippen molar-refractivity contribution < 1.29 is 9.47 Å². The lowest BCUT2D eigenvalue weighted by Crippen LogP contribution is -2.29. The number of pyridine rings is 1. The van der Waals surface area contributed by atoms with Crippen LogP contribution in [0.1, 0.15) is 23.2 Å². The summed E-state index contributed by atoms with van der Waals surface area (Å²) in [5, 5.41) is 10.0. The lowest BCUT2D eigenvalue weighted by Gasteiger charge is -2.25. The van der Waals surface area contributed by atoms with Crippen LogP contribution in [0.2, 0.25) is 5.02 Å². The molecule has 1 aliphatic carbocycles. The Morgan fingerprint density at radius 3 is 2.72 bits per heavy atom. The van der Waals surface area contributed by atoms with Crippen LogP contribution in [0, 0.1) is 11.3 Å². The van der Waals surface area contributed by atoms with E-state index in [1.54, 1.807) is 19.2 Å². The predicted molar refractivity (Wildman–Crippen MR) is 96.9 cm³/mol. The van der Waals surface area contributed by atoms with E-state index in [9.17, 15) is 5.26 Å². The van der Waals surface area contributed by atoms with Crippen molar-refractivity contribution in [1.29, 1.82) is 5.26 Å². The Hall–Kier alpha value is -2.49. The van der Waals surface area contributed by atoms with Gasteiger partial charge in [-0.15, -0.1) is 0 Å². The van der Waals surface area contributed by atoms with E-state index in [1.165, 1.54) is 7.11 Å². The fraction of sp³-hybridized carbons (Fsp3) is 0.333. The number of halogens is 1. The summed E-state index contributed by atoms with van der Waals surface area (Å²) >= 11 is 6.58. The first-order valence-electron chi connectivity index (χ1n) is 7.89. The van der Waals surface area contributed by atoms with E-state index in [0.717, 1.165) is 24.1 Å². The van der Waals surface area contributed by atoms with Crippen LogP contribution in [0.4, 0.5) is 5.82 Å². The molecule has 7 heteroatoms. The van der Waals surface area contributed by atoms with Gasteiger partial charge in [-0.1, -0.05) is 11.6 Å². The largest absolute Gasteiger partial charge is 0.493 e.